The molecule has 156 valence electrons. The first-order valence-corrected chi connectivity index (χ1v) is 10.6. The number of allylic oxidation sites excluding steroid dienone is 1. The molecule has 0 bridgehead atoms. The molecule has 0 saturated carbocycles. The van der Waals surface area contributed by atoms with Crippen LogP contribution < -0.4 is 0 Å². The molecule has 0 aromatic heterocycles. The predicted octanol–water partition coefficient (Wildman–Crippen LogP) is 7.34. The molecule has 1 aliphatic rings. The van der Waals surface area contributed by atoms with Gasteiger partial charge in [0.05, 0.1) is 12.7 Å². The lowest BCUT2D eigenvalue weighted by Crippen LogP contribution is -2.24. The number of ether oxygens (including phenoxy) is 1. The van der Waals surface area contributed by atoms with Gasteiger partial charge in [0, 0.05) is 11.5 Å². The van der Waals surface area contributed by atoms with Gasteiger partial charge in [-0.25, -0.2) is 13.2 Å². The average molecular weight is 403 g/mol. The molecule has 2 aromatic carbocycles. The molecule has 1 aliphatic heterocycles. The second-order valence-electron chi connectivity index (χ2n) is 7.77. The Balaban J connectivity index is 1.78. The zero-order chi connectivity index (χ0) is 20.8. The minimum atomic E-state index is -0.920. The second kappa shape index (κ2) is 10.1. The van der Waals surface area contributed by atoms with Crippen molar-refractivity contribution < 1.29 is 17.9 Å². The van der Waals surface area contributed by atoms with Crippen molar-refractivity contribution in [3.8, 4) is 11.1 Å². The third-order valence-corrected chi connectivity index (χ3v) is 5.68. The van der Waals surface area contributed by atoms with E-state index in [4.69, 9.17) is 4.74 Å². The summed E-state index contributed by atoms with van der Waals surface area (Å²) in [5, 5.41) is 0. The molecule has 0 spiro atoms. The number of unbranched alkanes of at least 4 members (excludes halogenated alkanes) is 2. The van der Waals surface area contributed by atoms with Crippen molar-refractivity contribution in [1.82, 2.24) is 0 Å². The summed E-state index contributed by atoms with van der Waals surface area (Å²) >= 11 is 0. The van der Waals surface area contributed by atoms with Crippen molar-refractivity contribution in [3.63, 3.8) is 0 Å². The molecule has 0 N–H and O–H groups in total. The summed E-state index contributed by atoms with van der Waals surface area (Å²) in [5.74, 6) is -2.31. The van der Waals surface area contributed by atoms with Gasteiger partial charge in [-0.2, -0.15) is 0 Å². The number of benzene rings is 2. The smallest absolute Gasteiger partial charge is 0.166 e. The van der Waals surface area contributed by atoms with Crippen LogP contribution in [0, 0.1) is 17.5 Å². The molecule has 2 unspecified atom stereocenters. The van der Waals surface area contributed by atoms with Crippen LogP contribution >= 0.6 is 0 Å². The Morgan fingerprint density at radius 2 is 1.86 bits per heavy atom. The van der Waals surface area contributed by atoms with E-state index in [-0.39, 0.29) is 23.4 Å². The van der Waals surface area contributed by atoms with Gasteiger partial charge >= 0.3 is 0 Å². The van der Waals surface area contributed by atoms with Gasteiger partial charge in [0.15, 0.2) is 11.6 Å². The van der Waals surface area contributed by atoms with Crippen LogP contribution in [-0.4, -0.2) is 12.7 Å². The van der Waals surface area contributed by atoms with Gasteiger partial charge in [0.25, 0.3) is 0 Å². The van der Waals surface area contributed by atoms with Gasteiger partial charge in [-0.1, -0.05) is 56.2 Å². The van der Waals surface area contributed by atoms with E-state index in [0.717, 1.165) is 32.1 Å². The molecule has 1 fully saturated rings. The van der Waals surface area contributed by atoms with E-state index in [9.17, 15) is 13.2 Å². The first-order chi connectivity index (χ1) is 14.0. The maximum atomic E-state index is 14.8. The fourth-order valence-corrected chi connectivity index (χ4v) is 3.97. The molecule has 0 radical (unpaired) electrons. The molecular weight excluding hydrogens is 373 g/mol. The fourth-order valence-electron chi connectivity index (χ4n) is 3.97. The summed E-state index contributed by atoms with van der Waals surface area (Å²) in [6.45, 7) is 4.40. The maximum Gasteiger partial charge on any atom is 0.166 e. The Hall–Kier alpha value is -2.07. The zero-order valence-electron chi connectivity index (χ0n) is 17.2. The minimum absolute atomic E-state index is 0.0437. The van der Waals surface area contributed by atoms with Crippen LogP contribution in [0.4, 0.5) is 13.2 Å². The molecule has 2 aromatic rings. The highest BCUT2D eigenvalue weighted by Gasteiger charge is 2.26. The van der Waals surface area contributed by atoms with E-state index in [1.54, 1.807) is 24.3 Å². The molecule has 3 rings (SSSR count). The summed E-state index contributed by atoms with van der Waals surface area (Å²) in [6.07, 6.45) is 9.18. The van der Waals surface area contributed by atoms with E-state index in [2.05, 4.69) is 6.92 Å². The molecule has 0 aliphatic carbocycles. The number of hydrogen-bond donors (Lipinski definition) is 0. The van der Waals surface area contributed by atoms with Crippen molar-refractivity contribution in [2.24, 2.45) is 0 Å². The summed E-state index contributed by atoms with van der Waals surface area (Å²) in [6, 6.07) is 7.83. The molecule has 1 heterocycles. The number of aryl methyl sites for hydroxylation is 1. The largest absolute Gasteiger partial charge is 0.374 e. The summed E-state index contributed by atoms with van der Waals surface area (Å²) < 4.78 is 49.8. The van der Waals surface area contributed by atoms with E-state index >= 15 is 0 Å². The molecule has 0 amide bonds. The van der Waals surface area contributed by atoms with Gasteiger partial charge in [0.1, 0.15) is 5.82 Å². The number of rotatable bonds is 7. The maximum absolute atomic E-state index is 14.8. The quantitative estimate of drug-likeness (QED) is 0.348. The molecule has 2 atom stereocenters. The fraction of sp³-hybridized carbons (Fsp3) is 0.440. The van der Waals surface area contributed by atoms with Crippen molar-refractivity contribution in [1.29, 1.82) is 0 Å². The molecular formula is C25H29F3O. The minimum Gasteiger partial charge on any atom is -0.374 e. The Labute approximate surface area is 171 Å². The zero-order valence-corrected chi connectivity index (χ0v) is 17.2. The molecule has 1 saturated heterocycles. The van der Waals surface area contributed by atoms with Crippen LogP contribution in [0.25, 0.3) is 11.1 Å². The molecule has 29 heavy (non-hydrogen) atoms. The van der Waals surface area contributed by atoms with Crippen LogP contribution in [0.3, 0.4) is 0 Å². The van der Waals surface area contributed by atoms with Crippen LogP contribution in [0.5, 0.6) is 0 Å². The van der Waals surface area contributed by atoms with E-state index < -0.39 is 11.6 Å². The third kappa shape index (κ3) is 5.11. The number of hydrogen-bond acceptors (Lipinski definition) is 1. The predicted molar refractivity (Wildman–Crippen MR) is 112 cm³/mol. The monoisotopic (exact) mass is 402 g/mol. The van der Waals surface area contributed by atoms with E-state index in [1.807, 2.05) is 19.1 Å². The lowest BCUT2D eigenvalue weighted by Gasteiger charge is -2.28. The van der Waals surface area contributed by atoms with Gasteiger partial charge in [-0.05, 0) is 55.4 Å². The highest BCUT2D eigenvalue weighted by atomic mass is 19.2. The molecule has 4 heteroatoms. The molecule has 1 nitrogen and oxygen atoms in total. The van der Waals surface area contributed by atoms with Crippen molar-refractivity contribution in [3.05, 3.63) is 71.1 Å². The van der Waals surface area contributed by atoms with Crippen molar-refractivity contribution in [2.45, 2.75) is 64.4 Å². The lowest BCUT2D eigenvalue weighted by molar-refractivity contribution is 0.0317. The summed E-state index contributed by atoms with van der Waals surface area (Å²) in [7, 11) is 0. The Morgan fingerprint density at radius 3 is 2.52 bits per heavy atom. The van der Waals surface area contributed by atoms with Crippen LogP contribution in [0.1, 0.15) is 63.0 Å². The van der Waals surface area contributed by atoms with Gasteiger partial charge < -0.3 is 4.74 Å². The van der Waals surface area contributed by atoms with Gasteiger partial charge in [-0.3, -0.25) is 0 Å². The topological polar surface area (TPSA) is 9.23 Å². The third-order valence-electron chi connectivity index (χ3n) is 5.68. The average Bonchev–Trinajstić information content (AvgIpc) is 2.72. The second-order valence-corrected chi connectivity index (χ2v) is 7.77. The van der Waals surface area contributed by atoms with Crippen molar-refractivity contribution in [2.75, 3.05) is 6.61 Å². The number of halogens is 3. The van der Waals surface area contributed by atoms with Crippen molar-refractivity contribution >= 4 is 0 Å². The van der Waals surface area contributed by atoms with E-state index in [0.29, 0.717) is 29.7 Å². The Kier molecular flexibility index (Phi) is 7.54. The SMILES string of the molecule is C/C=C/C1CCC(c2ccc(-c3ccc(CCCCC)c(F)c3)c(F)c2F)CO1. The standard InChI is InChI=1S/C25H29F3O/c1-3-5-6-8-17-9-10-18(15-23(17)26)21-13-14-22(25(28)24(21)27)19-11-12-20(7-4-2)29-16-19/h4,7,9-10,13-15,19-20H,3,5-6,8,11-12,16H2,1-2H3/b7-4+. The highest BCUT2D eigenvalue weighted by molar-refractivity contribution is 5.65. The summed E-state index contributed by atoms with van der Waals surface area (Å²) in [5.41, 5.74) is 1.41. The first-order valence-electron chi connectivity index (χ1n) is 10.6. The van der Waals surface area contributed by atoms with Gasteiger partial charge in [-0.15, -0.1) is 0 Å². The summed E-state index contributed by atoms with van der Waals surface area (Å²) in [4.78, 5) is 0. The normalized spacial score (nSPS) is 19.8. The first kappa shape index (κ1) is 21.6. The van der Waals surface area contributed by atoms with Crippen LogP contribution in [0.2, 0.25) is 0 Å². The highest BCUT2D eigenvalue weighted by Crippen LogP contribution is 2.35. The van der Waals surface area contributed by atoms with E-state index in [1.165, 1.54) is 6.07 Å². The lowest BCUT2D eigenvalue weighted by atomic mass is 9.89. The Bertz CT molecular complexity index is 851. The van der Waals surface area contributed by atoms with Gasteiger partial charge in [0.2, 0.25) is 0 Å². The van der Waals surface area contributed by atoms with Crippen LogP contribution in [0.15, 0.2) is 42.5 Å². The van der Waals surface area contributed by atoms with Crippen LogP contribution in [-0.2, 0) is 11.2 Å². The Morgan fingerprint density at radius 1 is 1.03 bits per heavy atom.